The Morgan fingerprint density at radius 2 is 0.711 bits per heavy atom. The molecule has 0 spiro atoms. The van der Waals surface area contributed by atoms with Gasteiger partial charge in [-0.3, -0.25) is 0 Å². The molecule has 2 nitrogen and oxygen atoms in total. The maximum absolute atomic E-state index is 2.44. The van der Waals surface area contributed by atoms with Crippen molar-refractivity contribution in [1.29, 1.82) is 0 Å². The minimum absolute atomic E-state index is 1.16. The Morgan fingerprint density at radius 1 is 0.289 bits per heavy atom. The van der Waals surface area contributed by atoms with Gasteiger partial charge in [-0.15, -0.1) is 0 Å². The zero-order valence-corrected chi connectivity index (χ0v) is 20.8. The van der Waals surface area contributed by atoms with E-state index in [0.29, 0.717) is 0 Å². The number of aromatic nitrogens is 2. The monoisotopic (exact) mass is 484 g/mol. The van der Waals surface area contributed by atoms with Gasteiger partial charge >= 0.3 is 0 Å². The van der Waals surface area contributed by atoms with E-state index in [9.17, 15) is 0 Å². The Labute approximate surface area is 220 Å². The summed E-state index contributed by atoms with van der Waals surface area (Å²) in [5.41, 5.74) is 9.68. The Hall–Kier alpha value is -5.08. The number of hydrogen-bond acceptors (Lipinski definition) is 0. The maximum atomic E-state index is 2.44. The lowest BCUT2D eigenvalue weighted by Gasteiger charge is -2.13. The van der Waals surface area contributed by atoms with E-state index in [1.165, 1.54) is 60.4 Å². The van der Waals surface area contributed by atoms with E-state index in [1.807, 2.05) is 0 Å². The van der Waals surface area contributed by atoms with Crippen LogP contribution in [0.1, 0.15) is 0 Å². The standard InChI is InChI=1S/C36H24N2/c1-3-11-25(12-4-1)26-19-21-28(22-20-26)38-34-18-10-8-16-30(34)32-24-23-31-29-15-7-9-17-33(29)37(35(31)36(32)38)27-13-5-2-6-14-27/h1-24H. The topological polar surface area (TPSA) is 9.86 Å². The van der Waals surface area contributed by atoms with Crippen LogP contribution in [0, 0.1) is 0 Å². The highest BCUT2D eigenvalue weighted by Crippen LogP contribution is 2.41. The second-order valence-electron chi connectivity index (χ2n) is 9.81. The minimum Gasteiger partial charge on any atom is -0.307 e. The van der Waals surface area contributed by atoms with E-state index >= 15 is 0 Å². The molecule has 0 aliphatic carbocycles. The van der Waals surface area contributed by atoms with E-state index in [1.54, 1.807) is 0 Å². The zero-order chi connectivity index (χ0) is 25.1. The van der Waals surface area contributed by atoms with Gasteiger partial charge in [-0.1, -0.05) is 109 Å². The number of benzene rings is 6. The number of fused-ring (bicyclic) bond motifs is 7. The molecule has 8 aromatic rings. The highest BCUT2D eigenvalue weighted by Gasteiger charge is 2.20. The van der Waals surface area contributed by atoms with Crippen molar-refractivity contribution < 1.29 is 0 Å². The first kappa shape index (κ1) is 21.0. The lowest BCUT2D eigenvalue weighted by Crippen LogP contribution is -1.98. The predicted molar refractivity (Wildman–Crippen MR) is 161 cm³/mol. The molecule has 0 saturated heterocycles. The lowest BCUT2D eigenvalue weighted by molar-refractivity contribution is 1.15. The first-order chi connectivity index (χ1) is 18.9. The molecule has 38 heavy (non-hydrogen) atoms. The molecule has 0 radical (unpaired) electrons. The summed E-state index contributed by atoms with van der Waals surface area (Å²) in [5.74, 6) is 0. The molecule has 6 aromatic carbocycles. The van der Waals surface area contributed by atoms with Crippen LogP contribution >= 0.6 is 0 Å². The van der Waals surface area contributed by atoms with Crippen molar-refractivity contribution in [1.82, 2.24) is 9.13 Å². The molecule has 0 saturated carbocycles. The highest BCUT2D eigenvalue weighted by atomic mass is 15.0. The van der Waals surface area contributed by atoms with Gasteiger partial charge in [0.2, 0.25) is 0 Å². The van der Waals surface area contributed by atoms with Crippen molar-refractivity contribution in [2.45, 2.75) is 0 Å². The molecule has 8 rings (SSSR count). The summed E-state index contributed by atoms with van der Waals surface area (Å²) in [5, 5.41) is 5.06. The number of nitrogens with zero attached hydrogens (tertiary/aromatic N) is 2. The van der Waals surface area contributed by atoms with Crippen LogP contribution in [-0.2, 0) is 0 Å². The molecular weight excluding hydrogens is 460 g/mol. The van der Waals surface area contributed by atoms with Crippen LogP contribution in [-0.4, -0.2) is 9.13 Å². The molecular formula is C36H24N2. The summed E-state index contributed by atoms with van der Waals surface area (Å²) in [7, 11) is 0. The second-order valence-corrected chi connectivity index (χ2v) is 9.81. The first-order valence-corrected chi connectivity index (χ1v) is 13.0. The zero-order valence-electron chi connectivity index (χ0n) is 20.8. The van der Waals surface area contributed by atoms with Crippen LogP contribution in [0.4, 0.5) is 0 Å². The summed E-state index contributed by atoms with van der Waals surface area (Å²) in [6.07, 6.45) is 0. The van der Waals surface area contributed by atoms with E-state index in [2.05, 4.69) is 155 Å². The Kier molecular flexibility index (Phi) is 4.55. The molecule has 0 aliphatic rings. The van der Waals surface area contributed by atoms with Crippen LogP contribution in [0.2, 0.25) is 0 Å². The van der Waals surface area contributed by atoms with Gasteiger partial charge in [-0.2, -0.15) is 0 Å². The summed E-state index contributed by atoms with van der Waals surface area (Å²) < 4.78 is 4.88. The second kappa shape index (κ2) is 8.22. The largest absolute Gasteiger partial charge is 0.307 e. The molecule has 0 aliphatic heterocycles. The fourth-order valence-corrected chi connectivity index (χ4v) is 6.05. The third-order valence-corrected chi connectivity index (χ3v) is 7.72. The smallest absolute Gasteiger partial charge is 0.0788 e. The Morgan fingerprint density at radius 3 is 1.26 bits per heavy atom. The molecule has 0 unspecified atom stereocenters. The van der Waals surface area contributed by atoms with Crippen molar-refractivity contribution in [2.75, 3.05) is 0 Å². The van der Waals surface area contributed by atoms with Crippen LogP contribution in [0.3, 0.4) is 0 Å². The minimum atomic E-state index is 1.16. The number of para-hydroxylation sites is 3. The fraction of sp³-hybridized carbons (Fsp3) is 0. The fourth-order valence-electron chi connectivity index (χ4n) is 6.05. The molecule has 0 atom stereocenters. The van der Waals surface area contributed by atoms with E-state index in [4.69, 9.17) is 0 Å². The molecule has 0 amide bonds. The highest BCUT2D eigenvalue weighted by molar-refractivity contribution is 6.23. The maximum Gasteiger partial charge on any atom is 0.0788 e. The predicted octanol–water partition coefficient (Wildman–Crippen LogP) is 9.55. The van der Waals surface area contributed by atoms with Crippen LogP contribution in [0.25, 0.3) is 66.1 Å². The van der Waals surface area contributed by atoms with Crippen molar-refractivity contribution in [3.63, 3.8) is 0 Å². The molecule has 0 fully saturated rings. The summed E-state index contributed by atoms with van der Waals surface area (Å²) in [6.45, 7) is 0. The van der Waals surface area contributed by atoms with Gasteiger partial charge in [0.25, 0.3) is 0 Å². The van der Waals surface area contributed by atoms with Crippen molar-refractivity contribution in [3.8, 4) is 22.5 Å². The molecule has 0 N–H and O–H groups in total. The average Bonchev–Trinajstić information content (AvgIpc) is 3.51. The average molecular weight is 485 g/mol. The SMILES string of the molecule is c1ccc(-c2ccc(-n3c4ccccc4c4ccc5c6ccccc6n(-c6ccccc6)c5c43)cc2)cc1. The molecule has 2 heterocycles. The van der Waals surface area contributed by atoms with Gasteiger partial charge < -0.3 is 9.13 Å². The summed E-state index contributed by atoms with van der Waals surface area (Å²) in [4.78, 5) is 0. The quantitative estimate of drug-likeness (QED) is 0.236. The molecule has 2 heteroatoms. The van der Waals surface area contributed by atoms with Gasteiger partial charge in [0, 0.05) is 32.9 Å². The van der Waals surface area contributed by atoms with Gasteiger partial charge in [-0.25, -0.2) is 0 Å². The van der Waals surface area contributed by atoms with Crippen LogP contribution in [0.5, 0.6) is 0 Å². The normalized spacial score (nSPS) is 11.7. The number of rotatable bonds is 3. The summed E-state index contributed by atoms with van der Waals surface area (Å²) in [6, 6.07) is 52.4. The van der Waals surface area contributed by atoms with Crippen molar-refractivity contribution in [2.24, 2.45) is 0 Å². The third-order valence-electron chi connectivity index (χ3n) is 7.72. The molecule has 0 bridgehead atoms. The van der Waals surface area contributed by atoms with E-state index in [0.717, 1.165) is 5.69 Å². The van der Waals surface area contributed by atoms with E-state index in [-0.39, 0.29) is 0 Å². The molecule has 2 aromatic heterocycles. The summed E-state index contributed by atoms with van der Waals surface area (Å²) >= 11 is 0. The van der Waals surface area contributed by atoms with Crippen LogP contribution in [0.15, 0.2) is 146 Å². The van der Waals surface area contributed by atoms with Gasteiger partial charge in [0.15, 0.2) is 0 Å². The van der Waals surface area contributed by atoms with Crippen LogP contribution < -0.4 is 0 Å². The van der Waals surface area contributed by atoms with E-state index < -0.39 is 0 Å². The Balaban J connectivity index is 1.52. The molecule has 178 valence electrons. The number of hydrogen-bond donors (Lipinski definition) is 0. The lowest BCUT2D eigenvalue weighted by atomic mass is 10.1. The van der Waals surface area contributed by atoms with Crippen molar-refractivity contribution >= 4 is 43.6 Å². The van der Waals surface area contributed by atoms with Gasteiger partial charge in [0.05, 0.1) is 22.1 Å². The Bertz CT molecular complexity index is 2100. The van der Waals surface area contributed by atoms with Gasteiger partial charge in [-0.05, 0) is 47.5 Å². The third kappa shape index (κ3) is 3.01. The first-order valence-electron chi connectivity index (χ1n) is 13.0. The van der Waals surface area contributed by atoms with Gasteiger partial charge in [0.1, 0.15) is 0 Å². The van der Waals surface area contributed by atoms with Crippen molar-refractivity contribution in [3.05, 3.63) is 146 Å².